The summed E-state index contributed by atoms with van der Waals surface area (Å²) in [7, 11) is 0. The Kier molecular flexibility index (Phi) is 2.40. The zero-order valence-corrected chi connectivity index (χ0v) is 9.81. The zero-order valence-electron chi connectivity index (χ0n) is 8.99. The lowest BCUT2D eigenvalue weighted by Crippen LogP contribution is -2.12. The molecule has 3 heteroatoms. The number of nitrogens with one attached hydrogen (secondary N) is 2. The third kappa shape index (κ3) is 1.71. The Labute approximate surface area is 99.7 Å². The molecule has 0 saturated heterocycles. The predicted octanol–water partition coefficient (Wildman–Crippen LogP) is 3.34. The highest BCUT2D eigenvalue weighted by atomic mass is 32.1. The second-order valence-corrected chi connectivity index (χ2v) is 4.81. The Hall–Kier alpha value is -1.35. The first-order chi connectivity index (χ1) is 7.83. The standard InChI is InChI=1S/C13H14N2S/c16-13-14-8-12(15-13)11-6-5-9-3-1-2-4-10(9)7-11/h1-4,8,11H,5-7H2,(H2,14,15,16)/t11-/m0/s1. The van der Waals surface area contributed by atoms with Crippen LogP contribution in [0.1, 0.15) is 29.2 Å². The number of imidazole rings is 1. The molecule has 2 aromatic rings. The van der Waals surface area contributed by atoms with E-state index in [-0.39, 0.29) is 0 Å². The summed E-state index contributed by atoms with van der Waals surface area (Å²) in [6, 6.07) is 8.73. The maximum Gasteiger partial charge on any atom is 0.174 e. The molecule has 0 unspecified atom stereocenters. The van der Waals surface area contributed by atoms with Gasteiger partial charge in [0, 0.05) is 17.8 Å². The van der Waals surface area contributed by atoms with Gasteiger partial charge in [0.05, 0.1) is 0 Å². The van der Waals surface area contributed by atoms with Gasteiger partial charge in [-0.05, 0) is 42.6 Å². The molecular formula is C13H14N2S. The summed E-state index contributed by atoms with van der Waals surface area (Å²) in [4.78, 5) is 6.28. The Morgan fingerprint density at radius 3 is 2.75 bits per heavy atom. The van der Waals surface area contributed by atoms with Crippen molar-refractivity contribution < 1.29 is 0 Å². The fraction of sp³-hybridized carbons (Fsp3) is 0.308. The number of rotatable bonds is 1. The van der Waals surface area contributed by atoms with Gasteiger partial charge in [0.1, 0.15) is 0 Å². The molecule has 0 aliphatic heterocycles. The molecule has 0 bridgehead atoms. The van der Waals surface area contributed by atoms with Crippen LogP contribution in [0.5, 0.6) is 0 Å². The number of aromatic nitrogens is 2. The number of benzene rings is 1. The van der Waals surface area contributed by atoms with Crippen LogP contribution < -0.4 is 0 Å². The van der Waals surface area contributed by atoms with Crippen molar-refractivity contribution in [2.24, 2.45) is 0 Å². The van der Waals surface area contributed by atoms with Gasteiger partial charge in [0.15, 0.2) is 4.77 Å². The van der Waals surface area contributed by atoms with Crippen LogP contribution in [0.25, 0.3) is 0 Å². The first-order valence-electron chi connectivity index (χ1n) is 5.67. The largest absolute Gasteiger partial charge is 0.337 e. The van der Waals surface area contributed by atoms with E-state index in [1.165, 1.54) is 29.7 Å². The quantitative estimate of drug-likeness (QED) is 0.723. The second kappa shape index (κ2) is 3.91. The first kappa shape index (κ1) is 9.85. The fourth-order valence-electron chi connectivity index (χ4n) is 2.53. The molecule has 16 heavy (non-hydrogen) atoms. The minimum atomic E-state index is 0.586. The van der Waals surface area contributed by atoms with Crippen molar-refractivity contribution in [2.45, 2.75) is 25.2 Å². The van der Waals surface area contributed by atoms with Crippen molar-refractivity contribution in [1.29, 1.82) is 0 Å². The van der Waals surface area contributed by atoms with Crippen LogP contribution >= 0.6 is 12.2 Å². The molecule has 0 fully saturated rings. The van der Waals surface area contributed by atoms with Crippen molar-refractivity contribution in [3.05, 3.63) is 52.1 Å². The van der Waals surface area contributed by atoms with Crippen molar-refractivity contribution in [2.75, 3.05) is 0 Å². The average molecular weight is 230 g/mol. The highest BCUT2D eigenvalue weighted by molar-refractivity contribution is 7.71. The van der Waals surface area contributed by atoms with Crippen molar-refractivity contribution >= 4 is 12.2 Å². The van der Waals surface area contributed by atoms with Gasteiger partial charge < -0.3 is 9.97 Å². The smallest absolute Gasteiger partial charge is 0.174 e. The summed E-state index contributed by atoms with van der Waals surface area (Å²) in [5.74, 6) is 0.586. The normalized spacial score (nSPS) is 19.4. The number of aromatic amines is 2. The monoisotopic (exact) mass is 230 g/mol. The molecule has 0 radical (unpaired) electrons. The molecule has 2 nitrogen and oxygen atoms in total. The SMILES string of the molecule is S=c1[nH]cc([C@H]2CCc3ccccc3C2)[nH]1. The minimum absolute atomic E-state index is 0.586. The van der Waals surface area contributed by atoms with Crippen molar-refractivity contribution in [3.8, 4) is 0 Å². The van der Waals surface area contributed by atoms with Crippen LogP contribution in [0.15, 0.2) is 30.5 Å². The van der Waals surface area contributed by atoms with E-state index in [0.29, 0.717) is 5.92 Å². The molecule has 0 saturated carbocycles. The highest BCUT2D eigenvalue weighted by Crippen LogP contribution is 2.31. The summed E-state index contributed by atoms with van der Waals surface area (Å²) in [6.45, 7) is 0. The molecule has 1 aromatic heterocycles. The van der Waals surface area contributed by atoms with E-state index in [0.717, 1.165) is 11.2 Å². The lowest BCUT2D eigenvalue weighted by molar-refractivity contribution is 0.573. The summed E-state index contributed by atoms with van der Waals surface area (Å²) in [6.07, 6.45) is 5.52. The summed E-state index contributed by atoms with van der Waals surface area (Å²) in [5, 5.41) is 0. The van der Waals surface area contributed by atoms with E-state index in [9.17, 15) is 0 Å². The van der Waals surface area contributed by atoms with Gasteiger partial charge >= 0.3 is 0 Å². The Bertz CT molecular complexity index is 553. The summed E-state index contributed by atoms with van der Waals surface area (Å²) in [5.41, 5.74) is 4.24. The second-order valence-electron chi connectivity index (χ2n) is 4.41. The summed E-state index contributed by atoms with van der Waals surface area (Å²) < 4.78 is 0.730. The molecular weight excluding hydrogens is 216 g/mol. The van der Waals surface area contributed by atoms with Crippen molar-refractivity contribution in [3.63, 3.8) is 0 Å². The van der Waals surface area contributed by atoms with Crippen LogP contribution in [0.4, 0.5) is 0 Å². The van der Waals surface area contributed by atoms with Gasteiger partial charge in [-0.25, -0.2) is 0 Å². The molecule has 1 aromatic carbocycles. The van der Waals surface area contributed by atoms with Crippen LogP contribution in [0.2, 0.25) is 0 Å². The number of H-pyrrole nitrogens is 2. The number of hydrogen-bond acceptors (Lipinski definition) is 1. The maximum absolute atomic E-state index is 5.07. The molecule has 3 rings (SSSR count). The Morgan fingerprint density at radius 1 is 1.19 bits per heavy atom. The molecule has 0 amide bonds. The third-order valence-electron chi connectivity index (χ3n) is 3.40. The summed E-state index contributed by atoms with van der Waals surface area (Å²) >= 11 is 5.07. The van der Waals surface area contributed by atoms with Crippen LogP contribution in [-0.4, -0.2) is 9.97 Å². The van der Waals surface area contributed by atoms with Crippen molar-refractivity contribution in [1.82, 2.24) is 9.97 Å². The van der Waals surface area contributed by atoms with Gasteiger partial charge in [-0.1, -0.05) is 24.3 Å². The van der Waals surface area contributed by atoms with Gasteiger partial charge in [0.25, 0.3) is 0 Å². The van der Waals surface area contributed by atoms with Gasteiger partial charge in [-0.2, -0.15) is 0 Å². The van der Waals surface area contributed by atoms with E-state index < -0.39 is 0 Å². The topological polar surface area (TPSA) is 31.6 Å². The van der Waals surface area contributed by atoms with Gasteiger partial charge in [0.2, 0.25) is 0 Å². The molecule has 1 atom stereocenters. The third-order valence-corrected chi connectivity index (χ3v) is 3.62. The predicted molar refractivity (Wildman–Crippen MR) is 67.2 cm³/mol. The molecule has 1 aliphatic rings. The van der Waals surface area contributed by atoms with E-state index >= 15 is 0 Å². The lowest BCUT2D eigenvalue weighted by Gasteiger charge is -2.23. The molecule has 82 valence electrons. The number of fused-ring (bicyclic) bond motifs is 1. The van der Waals surface area contributed by atoms with E-state index in [2.05, 4.69) is 34.2 Å². The van der Waals surface area contributed by atoms with Crippen LogP contribution in [0, 0.1) is 4.77 Å². The Balaban J connectivity index is 1.90. The van der Waals surface area contributed by atoms with Crippen LogP contribution in [-0.2, 0) is 12.8 Å². The minimum Gasteiger partial charge on any atom is -0.337 e. The fourth-order valence-corrected chi connectivity index (χ4v) is 2.71. The van der Waals surface area contributed by atoms with E-state index in [4.69, 9.17) is 12.2 Å². The van der Waals surface area contributed by atoms with E-state index in [1.54, 1.807) is 0 Å². The highest BCUT2D eigenvalue weighted by Gasteiger charge is 2.20. The van der Waals surface area contributed by atoms with Gasteiger partial charge in [-0.15, -0.1) is 0 Å². The van der Waals surface area contributed by atoms with E-state index in [1.807, 2.05) is 6.20 Å². The Morgan fingerprint density at radius 2 is 2.00 bits per heavy atom. The number of hydrogen-bond donors (Lipinski definition) is 2. The molecule has 0 spiro atoms. The number of aryl methyl sites for hydroxylation is 1. The zero-order chi connectivity index (χ0) is 11.0. The maximum atomic E-state index is 5.07. The average Bonchev–Trinajstić information content (AvgIpc) is 2.75. The van der Waals surface area contributed by atoms with Crippen LogP contribution in [0.3, 0.4) is 0 Å². The molecule has 2 N–H and O–H groups in total. The van der Waals surface area contributed by atoms with Gasteiger partial charge in [-0.3, -0.25) is 0 Å². The lowest BCUT2D eigenvalue weighted by atomic mass is 9.82. The molecule has 1 aliphatic carbocycles. The first-order valence-corrected chi connectivity index (χ1v) is 6.08. The molecule has 1 heterocycles.